The molecule has 74 valence electrons. The van der Waals surface area contributed by atoms with Crippen molar-refractivity contribution in [2.75, 3.05) is 0 Å². The molecular weight excluding hydrogens is 296 g/mol. The minimum atomic E-state index is 0.0969. The van der Waals surface area contributed by atoms with Gasteiger partial charge in [-0.05, 0) is 5.16 Å². The summed E-state index contributed by atoms with van der Waals surface area (Å²) in [4.78, 5) is 0. The molecule has 0 bridgehead atoms. The first-order valence-corrected chi connectivity index (χ1v) is 16.9. The molecule has 0 rings (SSSR count). The van der Waals surface area contributed by atoms with Gasteiger partial charge in [0, 0.05) is 0 Å². The quantitative estimate of drug-likeness (QED) is 0.554. The van der Waals surface area contributed by atoms with Crippen molar-refractivity contribution in [1.82, 2.24) is 0 Å². The van der Waals surface area contributed by atoms with E-state index in [9.17, 15) is 0 Å². The van der Waals surface area contributed by atoms with Crippen molar-refractivity contribution in [3.8, 4) is 0 Å². The molecular formula is C4H17P8-. The first-order chi connectivity index (χ1) is 5.25. The normalized spacial score (nSPS) is 19.0. The largest absolute Gasteiger partial charge is 0.458 e. The Morgan fingerprint density at radius 2 is 1.42 bits per heavy atom. The second-order valence-electron chi connectivity index (χ2n) is 3.31. The molecule has 12 heavy (non-hydrogen) atoms. The van der Waals surface area contributed by atoms with Crippen LogP contribution in [-0.4, -0.2) is 5.16 Å². The molecule has 0 radical (unpaired) electrons. The Morgan fingerprint density at radius 1 is 1.00 bits per heavy atom. The van der Waals surface area contributed by atoms with Crippen LogP contribution in [0, 0.1) is 0 Å². The molecule has 0 aliphatic rings. The molecule has 0 aromatic heterocycles. The van der Waals surface area contributed by atoms with Gasteiger partial charge in [0.1, 0.15) is 0 Å². The molecule has 0 amide bonds. The van der Waals surface area contributed by atoms with Gasteiger partial charge < -0.3 is 7.96 Å². The van der Waals surface area contributed by atoms with E-state index in [1.807, 2.05) is 0 Å². The molecule has 0 aliphatic carbocycles. The zero-order valence-corrected chi connectivity index (χ0v) is 15.8. The predicted octanol–water partition coefficient (Wildman–Crippen LogP) is 6.08. The monoisotopic (exact) mass is 313 g/mol. The lowest BCUT2D eigenvalue weighted by molar-refractivity contribution is 0.800. The molecule has 6 atom stereocenters. The van der Waals surface area contributed by atoms with Crippen molar-refractivity contribution >= 4 is 64.9 Å². The standard InChI is InChI=1S/C4H17P8/c1-4(2,3)10(5)12(8)9-11(6)7/h5-8H2,1-3H3/q-1. The minimum absolute atomic E-state index is 0.0969. The highest BCUT2D eigenvalue weighted by Gasteiger charge is 2.19. The van der Waals surface area contributed by atoms with E-state index in [1.54, 1.807) is 7.96 Å². The summed E-state index contributed by atoms with van der Waals surface area (Å²) in [6.07, 6.45) is 0. The first-order valence-electron chi connectivity index (χ1n) is 3.36. The van der Waals surface area contributed by atoms with Gasteiger partial charge in [-0.2, -0.15) is 0 Å². The fourth-order valence-electron chi connectivity index (χ4n) is 0.456. The molecule has 0 aliphatic heterocycles. The van der Waals surface area contributed by atoms with Crippen molar-refractivity contribution in [2.45, 2.75) is 25.9 Å². The van der Waals surface area contributed by atoms with Gasteiger partial charge in [-0.15, -0.1) is 35.7 Å². The van der Waals surface area contributed by atoms with Gasteiger partial charge in [0.05, 0.1) is 0 Å². The van der Waals surface area contributed by atoms with Gasteiger partial charge in [0.25, 0.3) is 0 Å². The van der Waals surface area contributed by atoms with Crippen LogP contribution >= 0.6 is 64.9 Å². The highest BCUT2D eigenvalue weighted by Crippen LogP contribution is 2.98. The summed E-state index contributed by atoms with van der Waals surface area (Å²) in [5.41, 5.74) is 0. The van der Waals surface area contributed by atoms with Crippen LogP contribution in [0.15, 0.2) is 0 Å². The Bertz CT molecular complexity index is 128. The molecule has 0 spiro atoms. The summed E-state index contributed by atoms with van der Waals surface area (Å²) >= 11 is 0. The third-order valence-electron chi connectivity index (χ3n) is 1.10. The summed E-state index contributed by atoms with van der Waals surface area (Å²) in [6, 6.07) is 0. The van der Waals surface area contributed by atoms with E-state index >= 15 is 0 Å². The third-order valence-corrected chi connectivity index (χ3v) is 34.3. The highest BCUT2D eigenvalue weighted by atomic mass is 33.0. The Morgan fingerprint density at radius 3 is 1.67 bits per heavy atom. The molecule has 0 nitrogen and oxygen atoms in total. The lowest BCUT2D eigenvalue weighted by Crippen LogP contribution is -2.05. The molecule has 0 N–H and O–H groups in total. The van der Waals surface area contributed by atoms with E-state index in [2.05, 4.69) is 56.5 Å². The smallest absolute Gasteiger partial charge is 0.0126 e. The van der Waals surface area contributed by atoms with E-state index in [-0.39, 0.29) is 21.3 Å². The summed E-state index contributed by atoms with van der Waals surface area (Å²) in [5, 5.41) is 0.487. The maximum atomic E-state index is 3.07. The number of hydrogen-bond donors (Lipinski definition) is 0. The average Bonchev–Trinajstić information content (AvgIpc) is 1.82. The summed E-state index contributed by atoms with van der Waals surface area (Å²) in [5.74, 6) is 0. The summed E-state index contributed by atoms with van der Waals surface area (Å²) in [6.45, 7) is 7.26. The maximum absolute atomic E-state index is 3.07. The number of rotatable bonds is 3. The minimum Gasteiger partial charge on any atom is -0.458 e. The highest BCUT2D eigenvalue weighted by molar-refractivity contribution is 8.99. The van der Waals surface area contributed by atoms with E-state index in [1.165, 1.54) is 0 Å². The van der Waals surface area contributed by atoms with Crippen LogP contribution in [0.4, 0.5) is 0 Å². The predicted molar refractivity (Wildman–Crippen MR) is 86.3 cm³/mol. The fraction of sp³-hybridized carbons (Fsp3) is 1.00. The second-order valence-corrected chi connectivity index (χ2v) is 30.0. The second kappa shape index (κ2) is 6.90. The third kappa shape index (κ3) is 6.84. The van der Waals surface area contributed by atoms with Crippen LogP contribution in [0.1, 0.15) is 20.8 Å². The van der Waals surface area contributed by atoms with Crippen LogP contribution in [0.25, 0.3) is 0 Å². The van der Waals surface area contributed by atoms with Gasteiger partial charge in [-0.25, -0.2) is 14.0 Å². The van der Waals surface area contributed by atoms with Gasteiger partial charge in [0.2, 0.25) is 0 Å². The van der Waals surface area contributed by atoms with Gasteiger partial charge in [-0.1, -0.05) is 28.1 Å². The van der Waals surface area contributed by atoms with Crippen LogP contribution < -0.4 is 0 Å². The molecule has 0 fully saturated rings. The lowest BCUT2D eigenvalue weighted by atomic mass is 10.3. The Hall–Kier alpha value is 3.44. The van der Waals surface area contributed by atoms with E-state index in [4.69, 9.17) is 0 Å². The van der Waals surface area contributed by atoms with E-state index in [0.29, 0.717) is 5.16 Å². The first kappa shape index (κ1) is 15.4. The van der Waals surface area contributed by atoms with Gasteiger partial charge in [0.15, 0.2) is 0 Å². The van der Waals surface area contributed by atoms with Crippen molar-refractivity contribution in [1.29, 1.82) is 0 Å². The van der Waals surface area contributed by atoms with Gasteiger partial charge in [-0.3, -0.25) is 0 Å². The van der Waals surface area contributed by atoms with Crippen molar-refractivity contribution < 1.29 is 0 Å². The van der Waals surface area contributed by atoms with Gasteiger partial charge >= 0.3 is 0 Å². The lowest BCUT2D eigenvalue weighted by Gasteiger charge is -2.43. The van der Waals surface area contributed by atoms with Crippen LogP contribution in [0.3, 0.4) is 0 Å². The van der Waals surface area contributed by atoms with Crippen LogP contribution in [0.5, 0.6) is 0 Å². The molecule has 0 saturated heterocycles. The SMILES string of the molecule is CC(C)(C)P(P)P(P)[P-]P(P)P. The Labute approximate surface area is 90.8 Å². The molecule has 0 saturated carbocycles. The molecule has 6 unspecified atom stereocenters. The van der Waals surface area contributed by atoms with E-state index in [0.717, 1.165) is 0 Å². The van der Waals surface area contributed by atoms with Crippen molar-refractivity contribution in [3.63, 3.8) is 0 Å². The average molecular weight is 313 g/mol. The maximum Gasteiger partial charge on any atom is -0.0126 e. The summed E-state index contributed by atoms with van der Waals surface area (Å²) < 4.78 is 0. The zero-order valence-electron chi connectivity index (χ0n) is 7.60. The van der Waals surface area contributed by atoms with E-state index < -0.39 is 0 Å². The number of hydrogen-bond acceptors (Lipinski definition) is 0. The van der Waals surface area contributed by atoms with Crippen molar-refractivity contribution in [2.24, 2.45) is 0 Å². The Kier molecular flexibility index (Phi) is 8.88. The van der Waals surface area contributed by atoms with Crippen LogP contribution in [0.2, 0.25) is 0 Å². The Balaban J connectivity index is 4.01. The van der Waals surface area contributed by atoms with Crippen LogP contribution in [-0.2, 0) is 0 Å². The molecule has 0 aromatic rings. The zero-order chi connectivity index (χ0) is 9.94. The summed E-state index contributed by atoms with van der Waals surface area (Å²) in [7, 11) is 13.7. The molecule has 0 heterocycles. The van der Waals surface area contributed by atoms with Crippen molar-refractivity contribution in [3.05, 3.63) is 0 Å². The topological polar surface area (TPSA) is 0 Å². The fourth-order valence-corrected chi connectivity index (χ4v) is 41.2. The molecule has 0 aromatic carbocycles. The molecule has 8 heteroatoms.